The van der Waals surface area contributed by atoms with Crippen molar-refractivity contribution in [3.63, 3.8) is 0 Å². The highest BCUT2D eigenvalue weighted by molar-refractivity contribution is 7.13. The number of aryl methyl sites for hydroxylation is 2. The Hall–Kier alpha value is -3.10. The third-order valence-corrected chi connectivity index (χ3v) is 5.44. The minimum Gasteiger partial charge on any atom is -0.364 e. The predicted molar refractivity (Wildman–Crippen MR) is 121 cm³/mol. The molecule has 0 aliphatic heterocycles. The number of anilines is 1. The molecule has 0 aliphatic rings. The summed E-state index contributed by atoms with van der Waals surface area (Å²) in [5.41, 5.74) is 3.06. The van der Waals surface area contributed by atoms with Gasteiger partial charge in [0.15, 0.2) is 0 Å². The molecule has 0 spiro atoms. The molecule has 0 aliphatic carbocycles. The summed E-state index contributed by atoms with van der Waals surface area (Å²) in [6.07, 6.45) is 1.76. The Morgan fingerprint density at radius 2 is 1.81 bits per heavy atom. The van der Waals surface area contributed by atoms with Crippen LogP contribution in [-0.4, -0.2) is 34.7 Å². The maximum atomic E-state index is 12.3. The minimum absolute atomic E-state index is 0.0508. The molecular formula is C23H26N4O3S. The second kappa shape index (κ2) is 11.3. The van der Waals surface area contributed by atoms with Crippen molar-refractivity contribution in [2.75, 3.05) is 11.9 Å². The minimum atomic E-state index is -0.322. The van der Waals surface area contributed by atoms with Gasteiger partial charge in [0, 0.05) is 11.7 Å². The van der Waals surface area contributed by atoms with Crippen LogP contribution in [0.1, 0.15) is 39.3 Å². The summed E-state index contributed by atoms with van der Waals surface area (Å²) < 4.78 is 5.43. The number of aromatic nitrogens is 2. The summed E-state index contributed by atoms with van der Waals surface area (Å²) in [5, 5.41) is 14.4. The standard InChI is InChI=1S/C23H26N4O3S/c1-16-8-12-19(13-9-16)25-22(29)23-27-26-21(31-23)15-30-14-20(28)24-17(2)10-11-18-6-4-3-5-7-18/h3-9,12-13,17H,10-11,14-15H2,1-2H3,(H,24,28)(H,25,29)/t17-/m1/s1. The first-order valence-corrected chi connectivity index (χ1v) is 10.9. The first-order chi connectivity index (χ1) is 15.0. The molecule has 1 atom stereocenters. The molecule has 162 valence electrons. The molecule has 1 heterocycles. The van der Waals surface area contributed by atoms with Gasteiger partial charge in [-0.25, -0.2) is 0 Å². The monoisotopic (exact) mass is 438 g/mol. The number of hydrogen-bond acceptors (Lipinski definition) is 6. The van der Waals surface area contributed by atoms with Gasteiger partial charge in [-0.2, -0.15) is 0 Å². The molecule has 3 aromatic rings. The third-order valence-electron chi connectivity index (χ3n) is 4.55. The van der Waals surface area contributed by atoms with Gasteiger partial charge in [0.05, 0.1) is 0 Å². The molecule has 3 rings (SSSR count). The fourth-order valence-corrected chi connectivity index (χ4v) is 3.55. The van der Waals surface area contributed by atoms with E-state index in [1.807, 2.05) is 56.3 Å². The number of carbonyl (C=O) groups is 2. The van der Waals surface area contributed by atoms with Gasteiger partial charge in [0.25, 0.3) is 5.91 Å². The van der Waals surface area contributed by atoms with Crippen molar-refractivity contribution in [1.29, 1.82) is 0 Å². The molecule has 0 saturated carbocycles. The van der Waals surface area contributed by atoms with E-state index in [2.05, 4.69) is 33.0 Å². The Balaban J connectivity index is 1.36. The number of nitrogens with zero attached hydrogens (tertiary/aromatic N) is 2. The normalized spacial score (nSPS) is 11.7. The molecule has 0 radical (unpaired) electrons. The number of carbonyl (C=O) groups excluding carboxylic acids is 2. The molecule has 0 saturated heterocycles. The number of benzene rings is 2. The smallest absolute Gasteiger partial charge is 0.286 e. The Kier molecular flexibility index (Phi) is 8.26. The van der Waals surface area contributed by atoms with Crippen LogP contribution in [0, 0.1) is 6.92 Å². The van der Waals surface area contributed by atoms with Crippen LogP contribution in [0.4, 0.5) is 5.69 Å². The molecule has 31 heavy (non-hydrogen) atoms. The molecule has 0 unspecified atom stereocenters. The molecule has 0 fully saturated rings. The summed E-state index contributed by atoms with van der Waals surface area (Å²) in [7, 11) is 0. The number of amides is 2. The van der Waals surface area contributed by atoms with Crippen LogP contribution >= 0.6 is 11.3 Å². The predicted octanol–water partition coefficient (Wildman–Crippen LogP) is 3.75. The van der Waals surface area contributed by atoms with Crippen LogP contribution in [-0.2, 0) is 22.6 Å². The molecule has 2 aromatic carbocycles. The van der Waals surface area contributed by atoms with Crippen molar-refractivity contribution in [2.45, 2.75) is 39.3 Å². The lowest BCUT2D eigenvalue weighted by Gasteiger charge is -2.13. The molecule has 2 N–H and O–H groups in total. The first-order valence-electron chi connectivity index (χ1n) is 10.1. The van der Waals surface area contributed by atoms with E-state index >= 15 is 0 Å². The maximum absolute atomic E-state index is 12.3. The topological polar surface area (TPSA) is 93.2 Å². The highest BCUT2D eigenvalue weighted by atomic mass is 32.1. The highest BCUT2D eigenvalue weighted by Crippen LogP contribution is 2.14. The van der Waals surface area contributed by atoms with E-state index in [4.69, 9.17) is 4.74 Å². The van der Waals surface area contributed by atoms with Crippen LogP contribution in [0.15, 0.2) is 54.6 Å². The van der Waals surface area contributed by atoms with Crippen LogP contribution in [0.25, 0.3) is 0 Å². The van der Waals surface area contributed by atoms with Crippen molar-refractivity contribution in [2.24, 2.45) is 0 Å². The number of rotatable bonds is 10. The van der Waals surface area contributed by atoms with Crippen molar-refractivity contribution < 1.29 is 14.3 Å². The summed E-state index contributed by atoms with van der Waals surface area (Å²) in [4.78, 5) is 24.3. The number of ether oxygens (including phenoxy) is 1. The lowest BCUT2D eigenvalue weighted by molar-refractivity contribution is -0.126. The highest BCUT2D eigenvalue weighted by Gasteiger charge is 2.14. The lowest BCUT2D eigenvalue weighted by atomic mass is 10.1. The fourth-order valence-electron chi connectivity index (χ4n) is 2.87. The lowest BCUT2D eigenvalue weighted by Crippen LogP contribution is -2.35. The Morgan fingerprint density at radius 1 is 1.06 bits per heavy atom. The van der Waals surface area contributed by atoms with Crippen LogP contribution in [0.5, 0.6) is 0 Å². The van der Waals surface area contributed by atoms with Crippen molar-refractivity contribution in [3.05, 3.63) is 75.7 Å². The Bertz CT molecular complexity index is 990. The zero-order valence-electron chi connectivity index (χ0n) is 17.6. The number of hydrogen-bond donors (Lipinski definition) is 2. The summed E-state index contributed by atoms with van der Waals surface area (Å²) in [6, 6.07) is 17.7. The van der Waals surface area contributed by atoms with E-state index in [0.717, 1.165) is 29.7 Å². The van der Waals surface area contributed by atoms with E-state index in [-0.39, 0.29) is 36.1 Å². The van der Waals surface area contributed by atoms with Gasteiger partial charge < -0.3 is 15.4 Å². The van der Waals surface area contributed by atoms with Gasteiger partial charge in [-0.1, -0.05) is 59.4 Å². The summed E-state index contributed by atoms with van der Waals surface area (Å²) in [5.74, 6) is -0.500. The largest absolute Gasteiger partial charge is 0.364 e. The van der Waals surface area contributed by atoms with E-state index in [9.17, 15) is 9.59 Å². The summed E-state index contributed by atoms with van der Waals surface area (Å²) in [6.45, 7) is 4.01. The zero-order valence-corrected chi connectivity index (χ0v) is 18.4. The molecule has 2 amide bonds. The average Bonchev–Trinajstić information content (AvgIpc) is 3.24. The van der Waals surface area contributed by atoms with Crippen LogP contribution in [0.2, 0.25) is 0 Å². The third kappa shape index (κ3) is 7.58. The second-order valence-electron chi connectivity index (χ2n) is 7.31. The quantitative estimate of drug-likeness (QED) is 0.503. The first kappa shape index (κ1) is 22.6. The van der Waals surface area contributed by atoms with Gasteiger partial charge >= 0.3 is 0 Å². The fraction of sp³-hybridized carbons (Fsp3) is 0.304. The van der Waals surface area contributed by atoms with Crippen molar-refractivity contribution >= 4 is 28.8 Å². The number of nitrogens with one attached hydrogen (secondary N) is 2. The molecule has 7 nitrogen and oxygen atoms in total. The molecule has 1 aromatic heterocycles. The van der Waals surface area contributed by atoms with Crippen LogP contribution in [0.3, 0.4) is 0 Å². The van der Waals surface area contributed by atoms with Crippen molar-refractivity contribution in [3.8, 4) is 0 Å². The van der Waals surface area contributed by atoms with E-state index < -0.39 is 0 Å². The van der Waals surface area contributed by atoms with E-state index in [1.165, 1.54) is 5.56 Å². The molecule has 0 bridgehead atoms. The Morgan fingerprint density at radius 3 is 2.55 bits per heavy atom. The van der Waals surface area contributed by atoms with Gasteiger partial charge in [0.1, 0.15) is 18.2 Å². The SMILES string of the molecule is Cc1ccc(NC(=O)c2nnc(COCC(=O)N[C@H](C)CCc3ccccc3)s2)cc1. The second-order valence-corrected chi connectivity index (χ2v) is 8.37. The van der Waals surface area contributed by atoms with Gasteiger partial charge in [-0.3, -0.25) is 9.59 Å². The van der Waals surface area contributed by atoms with Crippen LogP contribution < -0.4 is 10.6 Å². The van der Waals surface area contributed by atoms with Gasteiger partial charge in [0.2, 0.25) is 10.9 Å². The molecular weight excluding hydrogens is 412 g/mol. The van der Waals surface area contributed by atoms with E-state index in [1.54, 1.807) is 0 Å². The Labute approximate surface area is 185 Å². The van der Waals surface area contributed by atoms with Gasteiger partial charge in [-0.05, 0) is 44.4 Å². The van der Waals surface area contributed by atoms with Crippen molar-refractivity contribution in [1.82, 2.24) is 15.5 Å². The average molecular weight is 439 g/mol. The summed E-state index contributed by atoms with van der Waals surface area (Å²) >= 11 is 1.14. The van der Waals surface area contributed by atoms with Gasteiger partial charge in [-0.15, -0.1) is 10.2 Å². The molecule has 8 heteroatoms. The zero-order chi connectivity index (χ0) is 22.1. The van der Waals surface area contributed by atoms with E-state index in [0.29, 0.717) is 10.7 Å². The maximum Gasteiger partial charge on any atom is 0.286 e.